The van der Waals surface area contributed by atoms with Crippen molar-refractivity contribution in [1.82, 2.24) is 0 Å². The summed E-state index contributed by atoms with van der Waals surface area (Å²) in [5.74, 6) is 0. The molecule has 8 heavy (non-hydrogen) atoms. The molecule has 2 heteroatoms. The highest BCUT2D eigenvalue weighted by Crippen LogP contribution is 2.07. The van der Waals surface area contributed by atoms with E-state index in [0.29, 0.717) is 9.52 Å². The molecule has 1 aliphatic rings. The van der Waals surface area contributed by atoms with Gasteiger partial charge in [0.25, 0.3) is 0 Å². The van der Waals surface area contributed by atoms with Crippen molar-refractivity contribution in [3.05, 3.63) is 0 Å². The number of rotatable bonds is 0. The van der Waals surface area contributed by atoms with Crippen LogP contribution in [0.1, 0.15) is 0 Å². The maximum atomic E-state index is 2.34. The number of nitrogens with zero attached hydrogens (tertiary/aromatic N) is 1. The quantitative estimate of drug-likeness (QED) is 0.322. The van der Waals surface area contributed by atoms with Crippen molar-refractivity contribution < 1.29 is 4.48 Å². The Bertz CT molecular complexity index is 72.6. The molecule has 0 radical (unpaired) electrons. The topological polar surface area (TPSA) is 0 Å². The SMILES string of the molecule is C[N+]1(C)CC[SiH2]CC1. The highest BCUT2D eigenvalue weighted by atomic mass is 28.2. The average molecular weight is 130 g/mol. The van der Waals surface area contributed by atoms with Gasteiger partial charge in [0.15, 0.2) is 0 Å². The Morgan fingerprint density at radius 3 is 1.88 bits per heavy atom. The monoisotopic (exact) mass is 130 g/mol. The molecule has 1 rings (SSSR count). The molecular weight excluding hydrogens is 114 g/mol. The second-order valence-corrected chi connectivity index (χ2v) is 5.56. The van der Waals surface area contributed by atoms with Crippen LogP contribution in [0, 0.1) is 0 Å². The van der Waals surface area contributed by atoms with Gasteiger partial charge in [-0.15, -0.1) is 0 Å². The van der Waals surface area contributed by atoms with E-state index in [2.05, 4.69) is 14.1 Å². The molecule has 0 unspecified atom stereocenters. The molecule has 0 spiro atoms. The lowest BCUT2D eigenvalue weighted by Gasteiger charge is -2.33. The second kappa shape index (κ2) is 2.19. The number of hydrogen-bond donors (Lipinski definition) is 0. The Morgan fingerprint density at radius 2 is 1.62 bits per heavy atom. The van der Waals surface area contributed by atoms with E-state index >= 15 is 0 Å². The van der Waals surface area contributed by atoms with Crippen molar-refractivity contribution in [2.24, 2.45) is 0 Å². The first-order valence-electron chi connectivity index (χ1n) is 3.53. The van der Waals surface area contributed by atoms with Crippen molar-refractivity contribution in [3.8, 4) is 0 Å². The van der Waals surface area contributed by atoms with Crippen LogP contribution in [-0.4, -0.2) is 41.2 Å². The minimum Gasteiger partial charge on any atom is -0.329 e. The van der Waals surface area contributed by atoms with E-state index in [1.54, 1.807) is 12.1 Å². The summed E-state index contributed by atoms with van der Waals surface area (Å²) in [6.45, 7) is 2.90. The van der Waals surface area contributed by atoms with Crippen molar-refractivity contribution in [2.75, 3.05) is 27.2 Å². The first kappa shape index (κ1) is 6.30. The van der Waals surface area contributed by atoms with Gasteiger partial charge in [-0.25, -0.2) is 0 Å². The molecule has 0 amide bonds. The Kier molecular flexibility index (Phi) is 1.73. The van der Waals surface area contributed by atoms with Gasteiger partial charge >= 0.3 is 0 Å². The average Bonchev–Trinajstić information content (AvgIpc) is 1.65. The largest absolute Gasteiger partial charge is 0.329 e. The van der Waals surface area contributed by atoms with Crippen LogP contribution in [0.2, 0.25) is 12.1 Å². The Morgan fingerprint density at radius 1 is 1.12 bits per heavy atom. The Labute approximate surface area is 54.1 Å². The van der Waals surface area contributed by atoms with E-state index in [9.17, 15) is 0 Å². The van der Waals surface area contributed by atoms with E-state index in [4.69, 9.17) is 0 Å². The van der Waals surface area contributed by atoms with Gasteiger partial charge < -0.3 is 4.48 Å². The predicted octanol–water partition coefficient (Wildman–Crippen LogP) is 0.0818. The molecule has 0 aliphatic carbocycles. The number of hydrogen-bond acceptors (Lipinski definition) is 0. The molecule has 0 aromatic carbocycles. The predicted molar refractivity (Wildman–Crippen MR) is 40.0 cm³/mol. The van der Waals surface area contributed by atoms with Gasteiger partial charge in [0.1, 0.15) is 0 Å². The summed E-state index contributed by atoms with van der Waals surface area (Å²) in [4.78, 5) is 0. The fourth-order valence-corrected chi connectivity index (χ4v) is 3.88. The van der Waals surface area contributed by atoms with Crippen LogP contribution < -0.4 is 0 Å². The lowest BCUT2D eigenvalue weighted by atomic mass is 10.4. The summed E-state index contributed by atoms with van der Waals surface area (Å²) in [7, 11) is 5.11. The zero-order valence-electron chi connectivity index (χ0n) is 5.98. The Hall–Kier alpha value is 0.177. The van der Waals surface area contributed by atoms with Crippen molar-refractivity contribution in [3.63, 3.8) is 0 Å². The fraction of sp³-hybridized carbons (Fsp3) is 1.00. The molecule has 0 N–H and O–H groups in total. The molecule has 1 nitrogen and oxygen atoms in total. The van der Waals surface area contributed by atoms with Crippen LogP contribution in [0.3, 0.4) is 0 Å². The van der Waals surface area contributed by atoms with E-state index in [0.717, 1.165) is 0 Å². The van der Waals surface area contributed by atoms with Crippen LogP contribution in [-0.2, 0) is 0 Å². The zero-order chi connectivity index (χ0) is 6.04. The summed E-state index contributed by atoms with van der Waals surface area (Å²) < 4.78 is 1.28. The second-order valence-electron chi connectivity index (χ2n) is 3.44. The molecule has 0 bridgehead atoms. The standard InChI is InChI=1S/C6H16NSi/c1-7(2)3-5-8-6-4-7/h3-6,8H2,1-2H3/q+1. The lowest BCUT2D eigenvalue weighted by molar-refractivity contribution is -0.888. The zero-order valence-corrected chi connectivity index (χ0v) is 7.40. The van der Waals surface area contributed by atoms with Gasteiger partial charge in [-0.2, -0.15) is 0 Å². The summed E-state index contributed by atoms with van der Waals surface area (Å²) in [6.07, 6.45) is 0. The molecule has 48 valence electrons. The van der Waals surface area contributed by atoms with Gasteiger partial charge in [-0.05, 0) is 12.1 Å². The summed E-state index contributed by atoms with van der Waals surface area (Å²) in [5.41, 5.74) is 0. The van der Waals surface area contributed by atoms with Gasteiger partial charge in [-0.1, -0.05) is 0 Å². The molecule has 0 aromatic heterocycles. The maximum absolute atomic E-state index is 2.34. The summed E-state index contributed by atoms with van der Waals surface area (Å²) in [6, 6.07) is 3.15. The first-order valence-corrected chi connectivity index (χ1v) is 5.53. The van der Waals surface area contributed by atoms with Gasteiger partial charge in [0.2, 0.25) is 0 Å². The third-order valence-corrected chi connectivity index (χ3v) is 3.66. The van der Waals surface area contributed by atoms with Gasteiger partial charge in [-0.3, -0.25) is 0 Å². The Balaban J connectivity index is 2.33. The van der Waals surface area contributed by atoms with E-state index in [1.165, 1.54) is 17.6 Å². The fourth-order valence-electron chi connectivity index (χ4n) is 1.37. The molecule has 0 saturated carbocycles. The highest BCUT2D eigenvalue weighted by molar-refractivity contribution is 6.35. The minimum atomic E-state index is 0.424. The van der Waals surface area contributed by atoms with Gasteiger partial charge in [0, 0.05) is 9.52 Å². The van der Waals surface area contributed by atoms with Crippen LogP contribution in [0.5, 0.6) is 0 Å². The molecule has 1 fully saturated rings. The minimum absolute atomic E-state index is 0.424. The molecule has 0 atom stereocenters. The number of quaternary nitrogens is 1. The summed E-state index contributed by atoms with van der Waals surface area (Å²) in [5, 5.41) is 0. The maximum Gasteiger partial charge on any atom is 0.0753 e. The van der Waals surface area contributed by atoms with Crippen molar-refractivity contribution in [2.45, 2.75) is 12.1 Å². The summed E-state index contributed by atoms with van der Waals surface area (Å²) >= 11 is 0. The third-order valence-electron chi connectivity index (χ3n) is 2.03. The van der Waals surface area contributed by atoms with Crippen LogP contribution in [0.25, 0.3) is 0 Å². The molecule has 1 heterocycles. The molecule has 1 aliphatic heterocycles. The van der Waals surface area contributed by atoms with Crippen LogP contribution in [0.15, 0.2) is 0 Å². The van der Waals surface area contributed by atoms with Crippen molar-refractivity contribution in [1.29, 1.82) is 0 Å². The lowest BCUT2D eigenvalue weighted by Crippen LogP contribution is -2.44. The van der Waals surface area contributed by atoms with E-state index in [1.807, 2.05) is 0 Å². The normalized spacial score (nSPS) is 27.8. The van der Waals surface area contributed by atoms with Crippen molar-refractivity contribution >= 4 is 9.52 Å². The smallest absolute Gasteiger partial charge is 0.0753 e. The molecular formula is C6H16NSi+. The van der Waals surface area contributed by atoms with Gasteiger partial charge in [0.05, 0.1) is 27.2 Å². The van der Waals surface area contributed by atoms with E-state index in [-0.39, 0.29) is 0 Å². The van der Waals surface area contributed by atoms with E-state index < -0.39 is 0 Å². The molecule has 0 aromatic rings. The first-order chi connectivity index (χ1) is 3.71. The molecule has 1 saturated heterocycles. The highest BCUT2D eigenvalue weighted by Gasteiger charge is 2.17. The van der Waals surface area contributed by atoms with Crippen LogP contribution >= 0.6 is 0 Å². The van der Waals surface area contributed by atoms with Crippen LogP contribution in [0.4, 0.5) is 0 Å². The third kappa shape index (κ3) is 1.60.